The highest BCUT2D eigenvalue weighted by molar-refractivity contribution is 7.18. The minimum atomic E-state index is -1.08. The first-order valence-electron chi connectivity index (χ1n) is 8.93. The lowest BCUT2D eigenvalue weighted by molar-refractivity contribution is 0.0832. The molecule has 154 valence electrons. The average molecular weight is 438 g/mol. The maximum Gasteiger partial charge on any atom is 0.407 e. The van der Waals surface area contributed by atoms with Gasteiger partial charge in [0, 0.05) is 13.1 Å². The predicted molar refractivity (Wildman–Crippen MR) is 108 cm³/mol. The number of halogens is 1. The topological polar surface area (TPSA) is 108 Å². The quantitative estimate of drug-likeness (QED) is 0.665. The number of hydrogen-bond donors (Lipinski definition) is 3. The number of carboxylic acid groups (broad SMARTS) is 1. The Hall–Kier alpha value is -2.78. The van der Waals surface area contributed by atoms with E-state index in [2.05, 4.69) is 10.6 Å². The van der Waals surface area contributed by atoms with Gasteiger partial charge in [-0.05, 0) is 24.1 Å². The Labute approximate surface area is 176 Å². The molecule has 2 atom stereocenters. The van der Waals surface area contributed by atoms with E-state index < -0.39 is 24.3 Å². The molecule has 1 aliphatic rings. The van der Waals surface area contributed by atoms with Crippen LogP contribution < -0.4 is 10.6 Å². The van der Waals surface area contributed by atoms with Crippen LogP contribution in [0.15, 0.2) is 42.5 Å². The molecule has 1 saturated heterocycles. The third-order valence-corrected chi connectivity index (χ3v) is 5.74. The summed E-state index contributed by atoms with van der Waals surface area (Å²) in [7, 11) is 0. The van der Waals surface area contributed by atoms with Crippen molar-refractivity contribution in [1.29, 1.82) is 0 Å². The maximum atomic E-state index is 12.5. The SMILES string of the molecule is O=C(N[C@H]1CCN(C(=O)O)C[C@H]1NC(=O)c1ccc(Cl)s1)OCc1ccccc1. The van der Waals surface area contributed by atoms with Crippen molar-refractivity contribution in [3.05, 3.63) is 57.2 Å². The van der Waals surface area contributed by atoms with Crippen LogP contribution in [0.25, 0.3) is 0 Å². The normalized spacial score (nSPS) is 18.7. The van der Waals surface area contributed by atoms with Crippen molar-refractivity contribution in [2.24, 2.45) is 0 Å². The molecule has 0 unspecified atom stereocenters. The van der Waals surface area contributed by atoms with Crippen LogP contribution in [0, 0.1) is 0 Å². The fourth-order valence-corrected chi connectivity index (χ4v) is 3.98. The number of piperidine rings is 1. The van der Waals surface area contributed by atoms with Gasteiger partial charge >= 0.3 is 12.2 Å². The van der Waals surface area contributed by atoms with Gasteiger partial charge in [-0.25, -0.2) is 9.59 Å². The lowest BCUT2D eigenvalue weighted by Gasteiger charge is -2.37. The Morgan fingerprint density at radius 3 is 2.55 bits per heavy atom. The van der Waals surface area contributed by atoms with Gasteiger partial charge < -0.3 is 25.4 Å². The smallest absolute Gasteiger partial charge is 0.407 e. The molecular formula is C19H20ClN3O5S. The summed E-state index contributed by atoms with van der Waals surface area (Å²) in [6.45, 7) is 0.422. The van der Waals surface area contributed by atoms with Crippen LogP contribution in [0.5, 0.6) is 0 Å². The molecule has 3 rings (SSSR count). The summed E-state index contributed by atoms with van der Waals surface area (Å²) in [4.78, 5) is 37.6. The highest BCUT2D eigenvalue weighted by atomic mass is 35.5. The number of nitrogens with one attached hydrogen (secondary N) is 2. The van der Waals surface area contributed by atoms with E-state index in [1.165, 1.54) is 4.90 Å². The predicted octanol–water partition coefficient (Wildman–Crippen LogP) is 3.18. The van der Waals surface area contributed by atoms with E-state index >= 15 is 0 Å². The zero-order valence-corrected chi connectivity index (χ0v) is 16.9. The highest BCUT2D eigenvalue weighted by Gasteiger charge is 2.34. The largest absolute Gasteiger partial charge is 0.465 e. The van der Waals surface area contributed by atoms with Crippen LogP contribution >= 0.6 is 22.9 Å². The number of alkyl carbamates (subject to hydrolysis) is 1. The molecule has 0 radical (unpaired) electrons. The van der Waals surface area contributed by atoms with Crippen molar-refractivity contribution in [2.75, 3.05) is 13.1 Å². The second kappa shape index (κ2) is 9.62. The van der Waals surface area contributed by atoms with Crippen molar-refractivity contribution in [3.63, 3.8) is 0 Å². The third kappa shape index (κ3) is 5.85. The van der Waals surface area contributed by atoms with Crippen LogP contribution in [-0.2, 0) is 11.3 Å². The van der Waals surface area contributed by atoms with Gasteiger partial charge in [-0.2, -0.15) is 0 Å². The van der Waals surface area contributed by atoms with Crippen LogP contribution in [-0.4, -0.2) is 53.3 Å². The molecule has 0 spiro atoms. The van der Waals surface area contributed by atoms with Crippen LogP contribution in [0.1, 0.15) is 21.7 Å². The summed E-state index contributed by atoms with van der Waals surface area (Å²) in [6.07, 6.45) is -1.35. The van der Waals surface area contributed by atoms with Gasteiger partial charge in [0.2, 0.25) is 0 Å². The molecule has 10 heteroatoms. The lowest BCUT2D eigenvalue weighted by atomic mass is 9.99. The van der Waals surface area contributed by atoms with Crippen molar-refractivity contribution >= 4 is 41.0 Å². The van der Waals surface area contributed by atoms with E-state index in [9.17, 15) is 19.5 Å². The molecule has 1 aromatic carbocycles. The van der Waals surface area contributed by atoms with E-state index in [1.54, 1.807) is 12.1 Å². The van der Waals surface area contributed by atoms with Crippen molar-refractivity contribution in [1.82, 2.24) is 15.5 Å². The fraction of sp³-hybridized carbons (Fsp3) is 0.316. The number of carbonyl (C=O) groups is 3. The number of likely N-dealkylation sites (tertiary alicyclic amines) is 1. The Morgan fingerprint density at radius 2 is 1.90 bits per heavy atom. The number of nitrogens with zero attached hydrogens (tertiary/aromatic N) is 1. The molecule has 0 aliphatic carbocycles. The number of rotatable bonds is 5. The zero-order valence-electron chi connectivity index (χ0n) is 15.3. The standard InChI is InChI=1S/C19H20ClN3O5S/c20-16-7-6-15(29-16)17(24)21-14-10-23(19(26)27)9-8-13(14)22-18(25)28-11-12-4-2-1-3-5-12/h1-7,13-14H,8-11H2,(H,21,24)(H,22,25)(H,26,27)/t13-,14+/m0/s1. The molecule has 2 aromatic rings. The number of benzene rings is 1. The average Bonchev–Trinajstić information content (AvgIpc) is 3.15. The van der Waals surface area contributed by atoms with Crippen LogP contribution in [0.2, 0.25) is 4.34 Å². The number of thiophene rings is 1. The summed E-state index contributed by atoms with van der Waals surface area (Å²) >= 11 is 7.00. The zero-order chi connectivity index (χ0) is 20.8. The van der Waals surface area contributed by atoms with Crippen molar-refractivity contribution < 1.29 is 24.2 Å². The van der Waals surface area contributed by atoms with E-state index in [-0.39, 0.29) is 25.6 Å². The second-order valence-electron chi connectivity index (χ2n) is 6.51. The molecule has 2 heterocycles. The van der Waals surface area contributed by atoms with Gasteiger partial charge in [0.25, 0.3) is 5.91 Å². The maximum absolute atomic E-state index is 12.5. The van der Waals surface area contributed by atoms with Gasteiger partial charge in [-0.15, -0.1) is 11.3 Å². The van der Waals surface area contributed by atoms with Gasteiger partial charge in [0.15, 0.2) is 0 Å². The molecule has 0 bridgehead atoms. The summed E-state index contributed by atoms with van der Waals surface area (Å²) in [5, 5.41) is 14.8. The number of ether oxygens (including phenoxy) is 1. The minimum absolute atomic E-state index is 0.0593. The molecule has 0 saturated carbocycles. The first-order chi connectivity index (χ1) is 13.9. The Bertz CT molecular complexity index is 876. The lowest BCUT2D eigenvalue weighted by Crippen LogP contribution is -2.61. The monoisotopic (exact) mass is 437 g/mol. The summed E-state index contributed by atoms with van der Waals surface area (Å²) in [5.74, 6) is -0.372. The third-order valence-electron chi connectivity index (χ3n) is 4.51. The molecule has 29 heavy (non-hydrogen) atoms. The first-order valence-corrected chi connectivity index (χ1v) is 10.1. The van der Waals surface area contributed by atoms with E-state index in [4.69, 9.17) is 16.3 Å². The minimum Gasteiger partial charge on any atom is -0.465 e. The first kappa shape index (κ1) is 20.9. The summed E-state index contributed by atoms with van der Waals surface area (Å²) in [6, 6.07) is 11.4. The van der Waals surface area contributed by atoms with Gasteiger partial charge in [-0.1, -0.05) is 41.9 Å². The fourth-order valence-electron chi connectivity index (χ4n) is 3.04. The Kier molecular flexibility index (Phi) is 6.95. The van der Waals surface area contributed by atoms with Crippen LogP contribution in [0.3, 0.4) is 0 Å². The second-order valence-corrected chi connectivity index (χ2v) is 8.23. The molecular weight excluding hydrogens is 418 g/mol. The van der Waals surface area contributed by atoms with E-state index in [0.717, 1.165) is 16.9 Å². The van der Waals surface area contributed by atoms with Gasteiger partial charge in [0.1, 0.15) is 6.61 Å². The summed E-state index contributed by atoms with van der Waals surface area (Å²) in [5.41, 5.74) is 0.850. The van der Waals surface area contributed by atoms with Gasteiger partial charge in [0.05, 0.1) is 21.3 Å². The van der Waals surface area contributed by atoms with Gasteiger partial charge in [-0.3, -0.25) is 4.79 Å². The molecule has 3 N–H and O–H groups in total. The Morgan fingerprint density at radius 1 is 1.14 bits per heavy atom. The van der Waals surface area contributed by atoms with E-state index in [1.807, 2.05) is 30.3 Å². The van der Waals surface area contributed by atoms with E-state index in [0.29, 0.717) is 15.6 Å². The Balaban J connectivity index is 1.61. The number of amides is 3. The van der Waals surface area contributed by atoms with Crippen molar-refractivity contribution in [3.8, 4) is 0 Å². The molecule has 1 aliphatic heterocycles. The molecule has 3 amide bonds. The number of carbonyl (C=O) groups excluding carboxylic acids is 2. The van der Waals surface area contributed by atoms with Crippen LogP contribution in [0.4, 0.5) is 9.59 Å². The highest BCUT2D eigenvalue weighted by Crippen LogP contribution is 2.22. The van der Waals surface area contributed by atoms with Crippen molar-refractivity contribution in [2.45, 2.75) is 25.1 Å². The molecule has 8 nitrogen and oxygen atoms in total. The molecule has 1 fully saturated rings. The number of hydrogen-bond acceptors (Lipinski definition) is 5. The molecule has 1 aromatic heterocycles. The summed E-state index contributed by atoms with van der Waals surface area (Å²) < 4.78 is 5.72.